The Labute approximate surface area is 173 Å². The fourth-order valence-electron chi connectivity index (χ4n) is 2.94. The number of benzene rings is 3. The summed E-state index contributed by atoms with van der Waals surface area (Å²) in [5.41, 5.74) is 4.85. The minimum atomic E-state index is -0.261. The average Bonchev–Trinajstić information content (AvgIpc) is 3.17. The van der Waals surface area contributed by atoms with Gasteiger partial charge in [0.15, 0.2) is 10.7 Å². The number of aromatic nitrogens is 1. The van der Waals surface area contributed by atoms with Crippen LogP contribution in [0.15, 0.2) is 77.2 Å². The molecular weight excluding hydrogens is 382 g/mol. The van der Waals surface area contributed by atoms with E-state index in [4.69, 9.17) is 16.6 Å². The zero-order valence-corrected chi connectivity index (χ0v) is 16.6. The van der Waals surface area contributed by atoms with E-state index in [0.29, 0.717) is 22.6 Å². The molecule has 6 heteroatoms. The summed E-state index contributed by atoms with van der Waals surface area (Å²) < 4.78 is 5.87. The molecule has 0 aliphatic carbocycles. The molecule has 5 nitrogen and oxygen atoms in total. The van der Waals surface area contributed by atoms with Gasteiger partial charge in [-0.05, 0) is 66.7 Å². The SMILES string of the molecule is CCc1ccc(-c2nc3cc(NC(=S)NC(=O)c4ccccc4)ccc3o2)cc1. The Morgan fingerprint density at radius 2 is 1.79 bits per heavy atom. The minimum absolute atomic E-state index is 0.220. The monoisotopic (exact) mass is 401 g/mol. The van der Waals surface area contributed by atoms with Crippen molar-refractivity contribution in [3.63, 3.8) is 0 Å². The third kappa shape index (κ3) is 4.33. The second kappa shape index (κ2) is 8.24. The molecular formula is C23H19N3O2S. The molecule has 0 unspecified atom stereocenters. The van der Waals surface area contributed by atoms with Crippen LogP contribution in [0.1, 0.15) is 22.8 Å². The molecule has 4 rings (SSSR count). The molecule has 4 aromatic rings. The first-order valence-electron chi connectivity index (χ1n) is 9.29. The van der Waals surface area contributed by atoms with Gasteiger partial charge in [0.05, 0.1) is 0 Å². The van der Waals surface area contributed by atoms with E-state index in [9.17, 15) is 4.79 Å². The molecule has 1 amide bonds. The molecule has 0 bridgehead atoms. The van der Waals surface area contributed by atoms with E-state index >= 15 is 0 Å². The summed E-state index contributed by atoms with van der Waals surface area (Å²) in [5, 5.41) is 5.91. The molecule has 2 N–H and O–H groups in total. The van der Waals surface area contributed by atoms with Gasteiger partial charge in [0, 0.05) is 16.8 Å². The number of carbonyl (C=O) groups excluding carboxylic acids is 1. The van der Waals surface area contributed by atoms with Gasteiger partial charge in [-0.2, -0.15) is 0 Å². The van der Waals surface area contributed by atoms with Crippen molar-refractivity contribution in [2.75, 3.05) is 5.32 Å². The largest absolute Gasteiger partial charge is 0.436 e. The Hall–Kier alpha value is -3.51. The van der Waals surface area contributed by atoms with E-state index in [2.05, 4.69) is 34.7 Å². The van der Waals surface area contributed by atoms with Gasteiger partial charge < -0.3 is 9.73 Å². The molecule has 0 fully saturated rings. The number of rotatable bonds is 4. The Kier molecular flexibility index (Phi) is 5.35. The van der Waals surface area contributed by atoms with E-state index in [1.54, 1.807) is 24.3 Å². The maximum Gasteiger partial charge on any atom is 0.257 e. The number of nitrogens with zero attached hydrogens (tertiary/aromatic N) is 1. The first-order valence-corrected chi connectivity index (χ1v) is 9.70. The summed E-state index contributed by atoms with van der Waals surface area (Å²) in [4.78, 5) is 16.8. The highest BCUT2D eigenvalue weighted by atomic mass is 32.1. The lowest BCUT2D eigenvalue weighted by molar-refractivity contribution is 0.0977. The van der Waals surface area contributed by atoms with Gasteiger partial charge in [0.1, 0.15) is 5.52 Å². The molecule has 1 aromatic heterocycles. The number of aryl methyl sites for hydroxylation is 1. The van der Waals surface area contributed by atoms with Crippen LogP contribution >= 0.6 is 12.2 Å². The summed E-state index contributed by atoms with van der Waals surface area (Å²) >= 11 is 5.25. The van der Waals surface area contributed by atoms with Crippen molar-refractivity contribution in [1.29, 1.82) is 0 Å². The highest BCUT2D eigenvalue weighted by Gasteiger charge is 2.11. The fraction of sp³-hybridized carbons (Fsp3) is 0.0870. The second-order valence-electron chi connectivity index (χ2n) is 6.53. The normalized spacial score (nSPS) is 10.7. The van der Waals surface area contributed by atoms with Crippen LogP contribution in [0.5, 0.6) is 0 Å². The predicted molar refractivity (Wildman–Crippen MR) is 119 cm³/mol. The number of anilines is 1. The number of hydrogen-bond acceptors (Lipinski definition) is 4. The smallest absolute Gasteiger partial charge is 0.257 e. The third-order valence-electron chi connectivity index (χ3n) is 4.52. The average molecular weight is 401 g/mol. The topological polar surface area (TPSA) is 67.2 Å². The maximum absolute atomic E-state index is 12.2. The van der Waals surface area contributed by atoms with Gasteiger partial charge in [-0.1, -0.05) is 37.3 Å². The van der Waals surface area contributed by atoms with E-state index in [1.807, 2.05) is 36.4 Å². The van der Waals surface area contributed by atoms with Crippen LogP contribution in [0, 0.1) is 0 Å². The number of nitrogens with one attached hydrogen (secondary N) is 2. The van der Waals surface area contributed by atoms with Crippen LogP contribution in [-0.2, 0) is 6.42 Å². The number of amides is 1. The number of hydrogen-bond donors (Lipinski definition) is 2. The lowest BCUT2D eigenvalue weighted by Gasteiger charge is -2.09. The standard InChI is InChI=1S/C23H19N3O2S/c1-2-15-8-10-17(11-9-15)22-25-19-14-18(12-13-20(19)28-22)24-23(29)26-21(27)16-6-4-3-5-7-16/h3-14H,2H2,1H3,(H2,24,26,27,29). The van der Waals surface area contributed by atoms with Crippen molar-refractivity contribution in [2.24, 2.45) is 0 Å². The van der Waals surface area contributed by atoms with Crippen molar-refractivity contribution in [2.45, 2.75) is 13.3 Å². The van der Waals surface area contributed by atoms with Crippen LogP contribution < -0.4 is 10.6 Å². The molecule has 3 aromatic carbocycles. The van der Waals surface area contributed by atoms with Crippen molar-refractivity contribution in [3.05, 3.63) is 83.9 Å². The minimum Gasteiger partial charge on any atom is -0.436 e. The Balaban J connectivity index is 1.48. The van der Waals surface area contributed by atoms with E-state index < -0.39 is 0 Å². The highest BCUT2D eigenvalue weighted by molar-refractivity contribution is 7.80. The van der Waals surface area contributed by atoms with E-state index in [-0.39, 0.29) is 11.0 Å². The van der Waals surface area contributed by atoms with Crippen LogP contribution in [-0.4, -0.2) is 16.0 Å². The zero-order valence-electron chi connectivity index (χ0n) is 15.8. The Morgan fingerprint density at radius 3 is 2.52 bits per heavy atom. The molecule has 0 radical (unpaired) electrons. The molecule has 0 saturated carbocycles. The molecule has 0 spiro atoms. The van der Waals surface area contributed by atoms with Crippen LogP contribution in [0.4, 0.5) is 5.69 Å². The van der Waals surface area contributed by atoms with Crippen LogP contribution in [0.3, 0.4) is 0 Å². The molecule has 29 heavy (non-hydrogen) atoms. The van der Waals surface area contributed by atoms with Gasteiger partial charge in [0.25, 0.3) is 5.91 Å². The molecule has 144 valence electrons. The predicted octanol–water partition coefficient (Wildman–Crippen LogP) is 5.18. The van der Waals surface area contributed by atoms with E-state index in [1.165, 1.54) is 5.56 Å². The van der Waals surface area contributed by atoms with Crippen LogP contribution in [0.2, 0.25) is 0 Å². The van der Waals surface area contributed by atoms with Crippen molar-refractivity contribution < 1.29 is 9.21 Å². The summed E-state index contributed by atoms with van der Waals surface area (Å²) in [6.45, 7) is 2.12. The van der Waals surface area contributed by atoms with Gasteiger partial charge >= 0.3 is 0 Å². The summed E-state index contributed by atoms with van der Waals surface area (Å²) in [5.74, 6) is 0.309. The molecule has 1 heterocycles. The number of oxazole rings is 1. The third-order valence-corrected chi connectivity index (χ3v) is 4.72. The lowest BCUT2D eigenvalue weighted by Crippen LogP contribution is -2.34. The summed E-state index contributed by atoms with van der Waals surface area (Å²) in [6.07, 6.45) is 0.990. The van der Waals surface area contributed by atoms with Gasteiger partial charge in [0.2, 0.25) is 5.89 Å². The second-order valence-corrected chi connectivity index (χ2v) is 6.93. The zero-order chi connectivity index (χ0) is 20.2. The van der Waals surface area contributed by atoms with Gasteiger partial charge in [-0.25, -0.2) is 4.98 Å². The number of fused-ring (bicyclic) bond motifs is 1. The maximum atomic E-state index is 12.2. The molecule has 0 saturated heterocycles. The highest BCUT2D eigenvalue weighted by Crippen LogP contribution is 2.26. The Morgan fingerprint density at radius 1 is 1.03 bits per heavy atom. The number of thiocarbonyl (C=S) groups is 1. The lowest BCUT2D eigenvalue weighted by atomic mass is 10.1. The van der Waals surface area contributed by atoms with Gasteiger partial charge in [-0.3, -0.25) is 10.1 Å². The summed E-state index contributed by atoms with van der Waals surface area (Å²) in [7, 11) is 0. The van der Waals surface area contributed by atoms with Crippen molar-refractivity contribution >= 4 is 40.0 Å². The fourth-order valence-corrected chi connectivity index (χ4v) is 3.15. The van der Waals surface area contributed by atoms with Crippen LogP contribution in [0.25, 0.3) is 22.6 Å². The summed E-state index contributed by atoms with van der Waals surface area (Å²) in [6, 6.07) is 22.6. The molecule has 0 aliphatic rings. The molecule has 0 atom stereocenters. The van der Waals surface area contributed by atoms with Crippen molar-refractivity contribution in [3.8, 4) is 11.5 Å². The quantitative estimate of drug-likeness (QED) is 0.461. The van der Waals surface area contributed by atoms with Crippen molar-refractivity contribution in [1.82, 2.24) is 10.3 Å². The molecule has 0 aliphatic heterocycles. The van der Waals surface area contributed by atoms with E-state index in [0.717, 1.165) is 17.7 Å². The first kappa shape index (κ1) is 18.8. The number of carbonyl (C=O) groups is 1. The van der Waals surface area contributed by atoms with Gasteiger partial charge in [-0.15, -0.1) is 0 Å². The first-order chi connectivity index (χ1) is 14.1. The Bertz CT molecular complexity index is 1170.